The number of benzene rings is 1. The van der Waals surface area contributed by atoms with Gasteiger partial charge in [-0.3, -0.25) is 0 Å². The highest BCUT2D eigenvalue weighted by Gasteiger charge is 2.27. The van der Waals surface area contributed by atoms with Gasteiger partial charge < -0.3 is 14.8 Å². The molecule has 1 aromatic carbocycles. The van der Waals surface area contributed by atoms with Crippen LogP contribution in [0.2, 0.25) is 0 Å². The molecule has 2 rings (SSSR count). The van der Waals surface area contributed by atoms with Crippen LogP contribution < -0.4 is 14.8 Å². The minimum absolute atomic E-state index is 0.607. The van der Waals surface area contributed by atoms with Gasteiger partial charge in [-0.15, -0.1) is 0 Å². The third kappa shape index (κ3) is 3.45. The highest BCUT2D eigenvalue weighted by atomic mass is 16.5. The number of methoxy groups -OCH3 is 2. The van der Waals surface area contributed by atoms with E-state index in [-0.39, 0.29) is 0 Å². The monoisotopic (exact) mass is 277 g/mol. The first-order chi connectivity index (χ1) is 9.65. The molecule has 112 valence electrons. The van der Waals surface area contributed by atoms with Gasteiger partial charge in [0.05, 0.1) is 14.2 Å². The molecule has 0 spiro atoms. The molecule has 1 aliphatic rings. The zero-order chi connectivity index (χ0) is 14.5. The topological polar surface area (TPSA) is 30.5 Å². The minimum atomic E-state index is 0.607. The van der Waals surface area contributed by atoms with Crippen LogP contribution in [0.5, 0.6) is 11.5 Å². The number of ether oxygens (including phenoxy) is 2. The summed E-state index contributed by atoms with van der Waals surface area (Å²) in [5.74, 6) is 3.24. The molecule has 1 aliphatic carbocycles. The fourth-order valence-electron chi connectivity index (χ4n) is 3.31. The maximum Gasteiger partial charge on any atom is 0.127 e. The van der Waals surface area contributed by atoms with E-state index in [4.69, 9.17) is 9.47 Å². The van der Waals surface area contributed by atoms with Crippen LogP contribution in [0.3, 0.4) is 0 Å². The van der Waals surface area contributed by atoms with Crippen molar-refractivity contribution in [3.8, 4) is 11.5 Å². The lowest BCUT2D eigenvalue weighted by Gasteiger charge is -2.35. The fraction of sp³-hybridized carbons (Fsp3) is 0.647. The lowest BCUT2D eigenvalue weighted by molar-refractivity contribution is 0.207. The number of nitrogens with one attached hydrogen (secondary N) is 1. The molecule has 1 fully saturated rings. The Bertz CT molecular complexity index is 423. The Morgan fingerprint density at radius 1 is 1.10 bits per heavy atom. The predicted molar refractivity (Wildman–Crippen MR) is 82.4 cm³/mol. The minimum Gasteiger partial charge on any atom is -0.497 e. The highest BCUT2D eigenvalue weighted by Crippen LogP contribution is 2.30. The fourth-order valence-corrected chi connectivity index (χ4v) is 3.31. The Balaban J connectivity index is 2.02. The summed E-state index contributed by atoms with van der Waals surface area (Å²) in [6, 6.07) is 6.64. The molecule has 3 heteroatoms. The molecule has 0 aromatic heterocycles. The van der Waals surface area contributed by atoms with Crippen molar-refractivity contribution in [1.29, 1.82) is 0 Å². The summed E-state index contributed by atoms with van der Waals surface area (Å²) in [5, 5.41) is 3.73. The van der Waals surface area contributed by atoms with Gasteiger partial charge in [-0.05, 0) is 30.7 Å². The first-order valence-electron chi connectivity index (χ1n) is 7.60. The van der Waals surface area contributed by atoms with Crippen LogP contribution in [0.15, 0.2) is 18.2 Å². The van der Waals surface area contributed by atoms with E-state index < -0.39 is 0 Å². The summed E-state index contributed by atoms with van der Waals surface area (Å²) in [5.41, 5.74) is 1.19. The summed E-state index contributed by atoms with van der Waals surface area (Å²) in [4.78, 5) is 0. The zero-order valence-corrected chi connectivity index (χ0v) is 13.1. The quantitative estimate of drug-likeness (QED) is 0.891. The van der Waals surface area contributed by atoms with Gasteiger partial charge in [0.1, 0.15) is 11.5 Å². The van der Waals surface area contributed by atoms with E-state index in [1.165, 1.54) is 24.8 Å². The average Bonchev–Trinajstić information content (AvgIpc) is 2.46. The third-order valence-corrected chi connectivity index (χ3v) is 4.57. The molecule has 1 N–H and O–H groups in total. The summed E-state index contributed by atoms with van der Waals surface area (Å²) in [6.07, 6.45) is 4.04. The van der Waals surface area contributed by atoms with Crippen molar-refractivity contribution < 1.29 is 9.47 Å². The van der Waals surface area contributed by atoms with E-state index in [0.29, 0.717) is 6.04 Å². The Kier molecular flexibility index (Phi) is 5.30. The van der Waals surface area contributed by atoms with Crippen molar-refractivity contribution in [2.45, 2.75) is 45.7 Å². The van der Waals surface area contributed by atoms with Crippen LogP contribution in [0, 0.1) is 11.8 Å². The maximum absolute atomic E-state index is 5.46. The Hall–Kier alpha value is -1.22. The molecule has 0 saturated heterocycles. The van der Waals surface area contributed by atoms with Crippen LogP contribution in [-0.4, -0.2) is 20.3 Å². The standard InChI is InChI=1S/C17H27NO2/c1-12-6-5-7-13(2)17(12)18-11-14-8-9-15(19-3)10-16(14)20-4/h8-10,12-13,17-18H,5-7,11H2,1-4H3. The molecular formula is C17H27NO2. The zero-order valence-electron chi connectivity index (χ0n) is 13.1. The van der Waals surface area contributed by atoms with Crippen LogP contribution in [0.25, 0.3) is 0 Å². The van der Waals surface area contributed by atoms with Crippen LogP contribution in [0.1, 0.15) is 38.7 Å². The summed E-state index contributed by atoms with van der Waals surface area (Å²) in [6.45, 7) is 5.57. The molecule has 0 bridgehead atoms. The van der Waals surface area contributed by atoms with Gasteiger partial charge in [-0.2, -0.15) is 0 Å². The number of hydrogen-bond donors (Lipinski definition) is 1. The molecule has 20 heavy (non-hydrogen) atoms. The van der Waals surface area contributed by atoms with Crippen molar-refractivity contribution in [2.75, 3.05) is 14.2 Å². The molecule has 3 nitrogen and oxygen atoms in total. The van der Waals surface area contributed by atoms with Crippen LogP contribution in [0.4, 0.5) is 0 Å². The van der Waals surface area contributed by atoms with Gasteiger partial charge in [0.15, 0.2) is 0 Å². The van der Waals surface area contributed by atoms with Gasteiger partial charge in [0, 0.05) is 24.2 Å². The molecule has 0 radical (unpaired) electrons. The molecule has 2 atom stereocenters. The molecular weight excluding hydrogens is 250 g/mol. The van der Waals surface area contributed by atoms with Gasteiger partial charge in [0.25, 0.3) is 0 Å². The molecule has 0 heterocycles. The third-order valence-electron chi connectivity index (χ3n) is 4.57. The number of rotatable bonds is 5. The van der Waals surface area contributed by atoms with Crippen molar-refractivity contribution in [2.24, 2.45) is 11.8 Å². The Morgan fingerprint density at radius 2 is 1.80 bits per heavy atom. The van der Waals surface area contributed by atoms with E-state index in [2.05, 4.69) is 25.2 Å². The predicted octanol–water partition coefficient (Wildman–Crippen LogP) is 3.62. The SMILES string of the molecule is COc1ccc(CNC2C(C)CCCC2C)c(OC)c1. The molecule has 2 unspecified atom stereocenters. The van der Waals surface area contributed by atoms with Crippen molar-refractivity contribution in [1.82, 2.24) is 5.32 Å². The molecule has 1 saturated carbocycles. The van der Waals surface area contributed by atoms with Gasteiger partial charge in [0.2, 0.25) is 0 Å². The molecule has 0 amide bonds. The second kappa shape index (κ2) is 6.98. The summed E-state index contributed by atoms with van der Waals surface area (Å²) < 4.78 is 10.7. The Morgan fingerprint density at radius 3 is 2.40 bits per heavy atom. The lowest BCUT2D eigenvalue weighted by Crippen LogP contribution is -2.42. The van der Waals surface area contributed by atoms with E-state index in [9.17, 15) is 0 Å². The molecule has 1 aromatic rings. The van der Waals surface area contributed by atoms with E-state index >= 15 is 0 Å². The van der Waals surface area contributed by atoms with Crippen molar-refractivity contribution in [3.63, 3.8) is 0 Å². The lowest BCUT2D eigenvalue weighted by atomic mass is 9.78. The Labute approximate surface area is 122 Å². The second-order valence-electron chi connectivity index (χ2n) is 5.97. The normalized spacial score (nSPS) is 26.3. The van der Waals surface area contributed by atoms with E-state index in [1.807, 2.05) is 12.1 Å². The smallest absolute Gasteiger partial charge is 0.127 e. The highest BCUT2D eigenvalue weighted by molar-refractivity contribution is 5.40. The van der Waals surface area contributed by atoms with Gasteiger partial charge in [-0.25, -0.2) is 0 Å². The van der Waals surface area contributed by atoms with Crippen molar-refractivity contribution >= 4 is 0 Å². The average molecular weight is 277 g/mol. The first kappa shape index (κ1) is 15.2. The largest absolute Gasteiger partial charge is 0.497 e. The molecule has 0 aliphatic heterocycles. The summed E-state index contributed by atoms with van der Waals surface area (Å²) in [7, 11) is 3.39. The van der Waals surface area contributed by atoms with E-state index in [0.717, 1.165) is 29.9 Å². The first-order valence-corrected chi connectivity index (χ1v) is 7.60. The van der Waals surface area contributed by atoms with Gasteiger partial charge in [-0.1, -0.05) is 26.3 Å². The van der Waals surface area contributed by atoms with Gasteiger partial charge >= 0.3 is 0 Å². The second-order valence-corrected chi connectivity index (χ2v) is 5.97. The number of hydrogen-bond acceptors (Lipinski definition) is 3. The van der Waals surface area contributed by atoms with Crippen molar-refractivity contribution in [3.05, 3.63) is 23.8 Å². The van der Waals surface area contributed by atoms with Crippen LogP contribution >= 0.6 is 0 Å². The summed E-state index contributed by atoms with van der Waals surface area (Å²) >= 11 is 0. The van der Waals surface area contributed by atoms with E-state index in [1.54, 1.807) is 14.2 Å². The van der Waals surface area contributed by atoms with Crippen LogP contribution in [-0.2, 0) is 6.54 Å². The maximum atomic E-state index is 5.46.